The molecule has 0 aromatic heterocycles. The lowest BCUT2D eigenvalue weighted by molar-refractivity contribution is -0.136. The van der Waals surface area contributed by atoms with Crippen molar-refractivity contribution < 1.29 is 31.5 Å². The zero-order valence-electron chi connectivity index (χ0n) is 18.2. The Bertz CT molecular complexity index is 973. The minimum absolute atomic E-state index is 0.109. The van der Waals surface area contributed by atoms with Crippen molar-refractivity contribution in [2.45, 2.75) is 37.4 Å². The van der Waals surface area contributed by atoms with Gasteiger partial charge in [-0.15, -0.1) is 0 Å². The van der Waals surface area contributed by atoms with Gasteiger partial charge < -0.3 is 10.4 Å². The van der Waals surface area contributed by atoms with Crippen LogP contribution in [0.1, 0.15) is 18.1 Å². The van der Waals surface area contributed by atoms with Gasteiger partial charge in [0.2, 0.25) is 10.0 Å². The van der Waals surface area contributed by atoms with E-state index in [0.29, 0.717) is 25.2 Å². The molecule has 7 nitrogen and oxygen atoms in total. The van der Waals surface area contributed by atoms with Crippen LogP contribution in [0.3, 0.4) is 0 Å². The Kier molecular flexibility index (Phi) is 10.3. The van der Waals surface area contributed by atoms with Gasteiger partial charge in [0.1, 0.15) is 0 Å². The van der Waals surface area contributed by atoms with E-state index in [4.69, 9.17) is 5.11 Å². The topological polar surface area (TPSA) is 99.1 Å². The van der Waals surface area contributed by atoms with Gasteiger partial charge in [-0.25, -0.2) is 8.42 Å². The number of allylic oxidation sites excluding steroid dienone is 3. The molecule has 1 atom stereocenters. The van der Waals surface area contributed by atoms with Crippen molar-refractivity contribution in [2.24, 2.45) is 4.99 Å². The number of halogens is 3. The molecule has 2 N–H and O–H groups in total. The number of rotatable bonds is 6. The van der Waals surface area contributed by atoms with E-state index in [1.54, 1.807) is 19.1 Å². The normalized spacial score (nSPS) is 18.2. The van der Waals surface area contributed by atoms with Crippen molar-refractivity contribution in [3.8, 4) is 0 Å². The molecule has 11 heteroatoms. The molecule has 0 amide bonds. The summed E-state index contributed by atoms with van der Waals surface area (Å²) in [5.74, 6) is -0.969. The molecule has 0 spiro atoms. The Morgan fingerprint density at radius 1 is 1.41 bits per heavy atom. The number of alkyl halides is 3. The lowest BCUT2D eigenvalue weighted by Gasteiger charge is -2.31. The van der Waals surface area contributed by atoms with E-state index >= 15 is 0 Å². The highest BCUT2D eigenvalue weighted by Gasteiger charge is 2.31. The Morgan fingerprint density at radius 2 is 2.06 bits per heavy atom. The van der Waals surface area contributed by atoms with Gasteiger partial charge in [0.05, 0.1) is 16.9 Å². The molecule has 32 heavy (non-hydrogen) atoms. The third-order valence-electron chi connectivity index (χ3n) is 4.52. The number of aliphatic carboxylic acids is 1. The fraction of sp³-hybridized carbons (Fsp3) is 0.429. The minimum Gasteiger partial charge on any atom is -0.481 e. The number of benzene rings is 1. The SMILES string of the molecule is C=C/C=C(\C=NC)C(F)(F)F.Cc1ccc(S(=O)(=O)N2CCNC(C)C2)cc1CC(=O)O. The Hall–Kier alpha value is -2.50. The third-order valence-corrected chi connectivity index (χ3v) is 6.39. The van der Waals surface area contributed by atoms with E-state index in [0.717, 1.165) is 23.9 Å². The zero-order valence-corrected chi connectivity index (χ0v) is 19.0. The fourth-order valence-corrected chi connectivity index (χ4v) is 4.48. The molecule has 1 aliphatic rings. The molecular weight excluding hydrogens is 447 g/mol. The summed E-state index contributed by atoms with van der Waals surface area (Å²) >= 11 is 0. The number of sulfonamides is 1. The molecule has 0 radical (unpaired) electrons. The zero-order chi connectivity index (χ0) is 24.5. The van der Waals surface area contributed by atoms with Gasteiger partial charge in [-0.2, -0.15) is 17.5 Å². The number of carbonyl (C=O) groups is 1. The van der Waals surface area contributed by atoms with Gasteiger partial charge in [0.15, 0.2) is 0 Å². The molecule has 1 unspecified atom stereocenters. The largest absolute Gasteiger partial charge is 0.481 e. The summed E-state index contributed by atoms with van der Waals surface area (Å²) in [6, 6.07) is 4.79. The van der Waals surface area contributed by atoms with Crippen LogP contribution in [0.2, 0.25) is 0 Å². The lowest BCUT2D eigenvalue weighted by atomic mass is 10.1. The van der Waals surface area contributed by atoms with Crippen LogP contribution in [0.25, 0.3) is 0 Å². The van der Waals surface area contributed by atoms with Crippen LogP contribution in [0, 0.1) is 6.92 Å². The molecule has 1 saturated heterocycles. The number of carboxylic acids is 1. The van der Waals surface area contributed by atoms with Gasteiger partial charge in [0.25, 0.3) is 0 Å². The number of aliphatic imine (C=N–C) groups is 1. The predicted octanol–water partition coefficient (Wildman–Crippen LogP) is 2.97. The summed E-state index contributed by atoms with van der Waals surface area (Å²) in [4.78, 5) is 14.3. The van der Waals surface area contributed by atoms with Crippen molar-refractivity contribution >= 4 is 22.2 Å². The summed E-state index contributed by atoms with van der Waals surface area (Å²) in [7, 11) is -2.29. The highest BCUT2D eigenvalue weighted by molar-refractivity contribution is 7.89. The number of nitrogens with one attached hydrogen (secondary N) is 1. The maximum Gasteiger partial charge on any atom is 0.417 e. The standard InChI is InChI=1S/C14H20N2O4S.C7H8F3N/c1-10-3-4-13(7-12(10)8-14(17)18)21(19,20)16-6-5-15-11(2)9-16;1-3-4-6(5-11-2)7(8,9)10/h3-4,7,11,15H,5-6,8-9H2,1-2H3,(H,17,18);3-5H,1H2,2H3/b;6-4+,11-5?. The van der Waals surface area contributed by atoms with Gasteiger partial charge in [-0.3, -0.25) is 9.79 Å². The fourth-order valence-electron chi connectivity index (χ4n) is 2.90. The van der Waals surface area contributed by atoms with E-state index < -0.39 is 27.7 Å². The average molecular weight is 476 g/mol. The molecule has 1 aliphatic heterocycles. The summed E-state index contributed by atoms with van der Waals surface area (Å²) in [5.41, 5.74) is 0.520. The summed E-state index contributed by atoms with van der Waals surface area (Å²) < 4.78 is 62.4. The molecule has 1 fully saturated rings. The molecular formula is C21H28F3N3O4S. The van der Waals surface area contributed by atoms with Gasteiger partial charge in [-0.05, 0) is 43.2 Å². The monoisotopic (exact) mass is 475 g/mol. The first-order valence-electron chi connectivity index (χ1n) is 9.69. The van der Waals surface area contributed by atoms with E-state index in [9.17, 15) is 26.4 Å². The smallest absolute Gasteiger partial charge is 0.417 e. The first-order valence-corrected chi connectivity index (χ1v) is 11.1. The predicted molar refractivity (Wildman–Crippen MR) is 117 cm³/mol. The van der Waals surface area contributed by atoms with Crippen molar-refractivity contribution in [2.75, 3.05) is 26.7 Å². The van der Waals surface area contributed by atoms with E-state index in [2.05, 4.69) is 16.9 Å². The molecule has 0 aliphatic carbocycles. The van der Waals surface area contributed by atoms with Crippen molar-refractivity contribution in [1.82, 2.24) is 9.62 Å². The molecule has 0 bridgehead atoms. The van der Waals surface area contributed by atoms with Crippen LogP contribution in [0.5, 0.6) is 0 Å². The van der Waals surface area contributed by atoms with Crippen LogP contribution in [0.15, 0.2) is 52.4 Å². The third kappa shape index (κ3) is 8.21. The van der Waals surface area contributed by atoms with Gasteiger partial charge in [-0.1, -0.05) is 18.7 Å². The van der Waals surface area contributed by atoms with E-state index in [1.807, 2.05) is 6.92 Å². The van der Waals surface area contributed by atoms with Gasteiger partial charge >= 0.3 is 12.1 Å². The Balaban J connectivity index is 0.000000396. The second-order valence-electron chi connectivity index (χ2n) is 7.12. The molecule has 1 aromatic rings. The first-order chi connectivity index (χ1) is 14.8. The number of nitrogens with zero attached hydrogens (tertiary/aromatic N) is 2. The highest BCUT2D eigenvalue weighted by Crippen LogP contribution is 2.24. The van der Waals surface area contributed by atoms with Crippen LogP contribution in [-0.2, 0) is 21.2 Å². The summed E-state index contributed by atoms with van der Waals surface area (Å²) in [5, 5.41) is 12.1. The Labute approximate surface area is 186 Å². The van der Waals surface area contributed by atoms with Gasteiger partial charge in [0, 0.05) is 38.9 Å². The average Bonchev–Trinajstić information content (AvgIpc) is 2.69. The summed E-state index contributed by atoms with van der Waals surface area (Å²) in [6.45, 7) is 8.34. The number of hydrogen-bond donors (Lipinski definition) is 2. The number of hydrogen-bond acceptors (Lipinski definition) is 5. The number of piperazine rings is 1. The van der Waals surface area contributed by atoms with Crippen LogP contribution >= 0.6 is 0 Å². The van der Waals surface area contributed by atoms with E-state index in [1.165, 1.54) is 17.4 Å². The molecule has 1 aromatic carbocycles. The maximum absolute atomic E-state index is 12.6. The van der Waals surface area contributed by atoms with Crippen molar-refractivity contribution in [3.05, 3.63) is 53.6 Å². The molecule has 0 saturated carbocycles. The Morgan fingerprint density at radius 3 is 2.56 bits per heavy atom. The number of carboxylic acid groups (broad SMARTS) is 1. The lowest BCUT2D eigenvalue weighted by Crippen LogP contribution is -2.51. The van der Waals surface area contributed by atoms with Crippen LogP contribution < -0.4 is 5.32 Å². The van der Waals surface area contributed by atoms with Crippen molar-refractivity contribution in [1.29, 1.82) is 0 Å². The van der Waals surface area contributed by atoms with E-state index in [-0.39, 0.29) is 17.4 Å². The maximum atomic E-state index is 12.6. The summed E-state index contributed by atoms with van der Waals surface area (Å²) in [6.07, 6.45) is -1.82. The molecule has 2 rings (SSSR count). The van der Waals surface area contributed by atoms with Crippen molar-refractivity contribution in [3.63, 3.8) is 0 Å². The molecule has 178 valence electrons. The number of aryl methyl sites for hydroxylation is 1. The first kappa shape index (κ1) is 27.5. The minimum atomic E-state index is -4.34. The second kappa shape index (κ2) is 11.9. The highest BCUT2D eigenvalue weighted by atomic mass is 32.2. The quantitative estimate of drug-likeness (QED) is 0.487. The molecule has 1 heterocycles. The van der Waals surface area contributed by atoms with Crippen LogP contribution in [-0.4, -0.2) is 68.9 Å². The van der Waals surface area contributed by atoms with Crippen LogP contribution in [0.4, 0.5) is 13.2 Å². The second-order valence-corrected chi connectivity index (χ2v) is 9.06.